The normalized spacial score (nSPS) is 11.3. The topological polar surface area (TPSA) is 64.3 Å². The highest BCUT2D eigenvalue weighted by Crippen LogP contribution is 2.22. The van der Waals surface area contributed by atoms with Gasteiger partial charge in [-0.25, -0.2) is 0 Å². The summed E-state index contributed by atoms with van der Waals surface area (Å²) in [6.45, 7) is 1.98. The molecule has 0 unspecified atom stereocenters. The molecule has 0 spiro atoms. The van der Waals surface area contributed by atoms with Crippen molar-refractivity contribution in [1.29, 1.82) is 0 Å². The lowest BCUT2D eigenvalue weighted by Crippen LogP contribution is -2.37. The number of amides is 1. The van der Waals surface area contributed by atoms with Crippen molar-refractivity contribution in [3.8, 4) is 5.75 Å². The summed E-state index contributed by atoms with van der Waals surface area (Å²) >= 11 is 5.86. The van der Waals surface area contributed by atoms with E-state index in [4.69, 9.17) is 22.1 Å². The van der Waals surface area contributed by atoms with Gasteiger partial charge in [0.1, 0.15) is 5.75 Å². The van der Waals surface area contributed by atoms with Crippen molar-refractivity contribution in [2.75, 3.05) is 7.11 Å². The van der Waals surface area contributed by atoms with Gasteiger partial charge in [0.15, 0.2) is 0 Å². The fraction of sp³-hybridized carbons (Fsp3) is 0.364. The molecular weight excluding hydrogens is 263 g/mol. The second-order valence-corrected chi connectivity index (χ2v) is 3.90. The first kappa shape index (κ1) is 16.0. The summed E-state index contributed by atoms with van der Waals surface area (Å²) in [6.07, 6.45) is 0. The van der Waals surface area contributed by atoms with Crippen LogP contribution in [0.5, 0.6) is 5.75 Å². The monoisotopic (exact) mass is 278 g/mol. The van der Waals surface area contributed by atoms with Gasteiger partial charge in [0.05, 0.1) is 13.2 Å². The predicted octanol–water partition coefficient (Wildman–Crippen LogP) is 1.73. The first-order valence-electron chi connectivity index (χ1n) is 4.90. The molecule has 17 heavy (non-hydrogen) atoms. The Morgan fingerprint density at radius 3 is 2.76 bits per heavy atom. The van der Waals surface area contributed by atoms with Gasteiger partial charge >= 0.3 is 0 Å². The van der Waals surface area contributed by atoms with Crippen LogP contribution in [0.15, 0.2) is 18.2 Å². The molecule has 0 aliphatic rings. The molecule has 0 heterocycles. The maximum atomic E-state index is 11.3. The third kappa shape index (κ3) is 4.81. The van der Waals surface area contributed by atoms with Gasteiger partial charge in [0.25, 0.3) is 0 Å². The summed E-state index contributed by atoms with van der Waals surface area (Å²) in [5.74, 6) is 0.483. The number of nitrogens with two attached hydrogens (primary N) is 1. The molecule has 0 radical (unpaired) electrons. The van der Waals surface area contributed by atoms with Crippen molar-refractivity contribution >= 4 is 29.9 Å². The molecule has 0 saturated heterocycles. The van der Waals surface area contributed by atoms with E-state index >= 15 is 0 Å². The van der Waals surface area contributed by atoms with Gasteiger partial charge < -0.3 is 15.8 Å². The number of rotatable bonds is 4. The fourth-order valence-corrected chi connectivity index (χ4v) is 1.42. The summed E-state index contributed by atoms with van der Waals surface area (Å²) in [4.78, 5) is 11.3. The third-order valence-corrected chi connectivity index (χ3v) is 2.34. The predicted molar refractivity (Wildman–Crippen MR) is 70.7 cm³/mol. The van der Waals surface area contributed by atoms with Crippen LogP contribution in [-0.2, 0) is 11.3 Å². The van der Waals surface area contributed by atoms with E-state index in [1.807, 2.05) is 0 Å². The lowest BCUT2D eigenvalue weighted by atomic mass is 10.2. The number of nitrogens with one attached hydrogen (secondary N) is 1. The molecule has 1 amide bonds. The largest absolute Gasteiger partial charge is 0.496 e. The molecule has 4 nitrogen and oxygen atoms in total. The van der Waals surface area contributed by atoms with Crippen molar-refractivity contribution in [2.45, 2.75) is 19.5 Å². The minimum atomic E-state index is -0.523. The number of carbonyl (C=O) groups is 1. The first-order valence-corrected chi connectivity index (χ1v) is 5.28. The molecule has 96 valence electrons. The van der Waals surface area contributed by atoms with Gasteiger partial charge in [-0.15, -0.1) is 12.4 Å². The maximum absolute atomic E-state index is 11.3. The highest BCUT2D eigenvalue weighted by molar-refractivity contribution is 6.30. The van der Waals surface area contributed by atoms with E-state index < -0.39 is 6.04 Å². The van der Waals surface area contributed by atoms with Gasteiger partial charge in [-0.1, -0.05) is 11.6 Å². The maximum Gasteiger partial charge on any atom is 0.236 e. The third-order valence-electron chi connectivity index (χ3n) is 2.11. The number of hydrogen-bond donors (Lipinski definition) is 2. The van der Waals surface area contributed by atoms with Gasteiger partial charge in [-0.05, 0) is 25.1 Å². The van der Waals surface area contributed by atoms with Crippen LogP contribution in [0.1, 0.15) is 12.5 Å². The molecule has 0 fully saturated rings. The van der Waals surface area contributed by atoms with Crippen molar-refractivity contribution in [1.82, 2.24) is 5.32 Å². The van der Waals surface area contributed by atoms with Crippen LogP contribution < -0.4 is 15.8 Å². The van der Waals surface area contributed by atoms with E-state index in [0.29, 0.717) is 17.3 Å². The summed E-state index contributed by atoms with van der Waals surface area (Å²) in [7, 11) is 1.57. The van der Waals surface area contributed by atoms with Crippen molar-refractivity contribution in [3.63, 3.8) is 0 Å². The summed E-state index contributed by atoms with van der Waals surface area (Å²) in [5.41, 5.74) is 6.25. The van der Waals surface area contributed by atoms with Crippen LogP contribution in [0.25, 0.3) is 0 Å². The number of benzene rings is 1. The van der Waals surface area contributed by atoms with Crippen LogP contribution in [-0.4, -0.2) is 19.1 Å². The second kappa shape index (κ2) is 7.37. The fourth-order valence-electron chi connectivity index (χ4n) is 1.23. The molecule has 0 saturated carbocycles. The molecule has 0 aliphatic carbocycles. The Bertz CT molecular complexity index is 384. The minimum absolute atomic E-state index is 0. The molecule has 3 N–H and O–H groups in total. The Hall–Kier alpha value is -0.970. The molecular formula is C11H16Cl2N2O2. The van der Waals surface area contributed by atoms with Crippen molar-refractivity contribution in [2.24, 2.45) is 5.73 Å². The Morgan fingerprint density at radius 1 is 1.59 bits per heavy atom. The first-order chi connectivity index (χ1) is 7.54. The average molecular weight is 279 g/mol. The average Bonchev–Trinajstić information content (AvgIpc) is 2.25. The Labute approximate surface area is 112 Å². The number of methoxy groups -OCH3 is 1. The number of halogens is 2. The smallest absolute Gasteiger partial charge is 0.236 e. The minimum Gasteiger partial charge on any atom is -0.496 e. The molecule has 1 aromatic carbocycles. The van der Waals surface area contributed by atoms with Crippen molar-refractivity contribution < 1.29 is 9.53 Å². The summed E-state index contributed by atoms with van der Waals surface area (Å²) < 4.78 is 5.15. The molecule has 6 heteroatoms. The molecule has 1 atom stereocenters. The quantitative estimate of drug-likeness (QED) is 0.882. The Balaban J connectivity index is 0.00000256. The highest BCUT2D eigenvalue weighted by Gasteiger charge is 2.09. The number of hydrogen-bond acceptors (Lipinski definition) is 3. The molecule has 0 aliphatic heterocycles. The Kier molecular flexibility index (Phi) is 6.95. The van der Waals surface area contributed by atoms with Crippen LogP contribution in [0.3, 0.4) is 0 Å². The zero-order chi connectivity index (χ0) is 12.1. The molecule has 0 bridgehead atoms. The zero-order valence-corrected chi connectivity index (χ0v) is 11.3. The lowest BCUT2D eigenvalue weighted by molar-refractivity contribution is -0.122. The van der Waals surface area contributed by atoms with Crippen molar-refractivity contribution in [3.05, 3.63) is 28.8 Å². The van der Waals surface area contributed by atoms with E-state index in [1.54, 1.807) is 32.2 Å². The number of ether oxygens (including phenoxy) is 1. The summed E-state index contributed by atoms with van der Waals surface area (Å²) in [6, 6.07) is 4.72. The van der Waals surface area contributed by atoms with Gasteiger partial charge in [0, 0.05) is 17.1 Å². The van der Waals surface area contributed by atoms with E-state index in [2.05, 4.69) is 5.32 Å². The van der Waals surface area contributed by atoms with Crippen LogP contribution in [0.4, 0.5) is 0 Å². The summed E-state index contributed by atoms with van der Waals surface area (Å²) in [5, 5.41) is 3.30. The van der Waals surface area contributed by atoms with Gasteiger partial charge in [-0.3, -0.25) is 4.79 Å². The lowest BCUT2D eigenvalue weighted by Gasteiger charge is -2.11. The van der Waals surface area contributed by atoms with Crippen LogP contribution >= 0.6 is 24.0 Å². The standard InChI is InChI=1S/C11H15ClN2O2.ClH/c1-7(13)11(15)14-6-8-5-9(12)3-4-10(8)16-2;/h3-5,7H,6,13H2,1-2H3,(H,14,15);1H/t7-;/m0./s1. The van der Waals surface area contributed by atoms with Crippen LogP contribution in [0.2, 0.25) is 5.02 Å². The Morgan fingerprint density at radius 2 is 2.24 bits per heavy atom. The molecule has 1 rings (SSSR count). The zero-order valence-electron chi connectivity index (χ0n) is 9.70. The van der Waals surface area contributed by atoms with E-state index in [0.717, 1.165) is 5.56 Å². The van der Waals surface area contributed by atoms with E-state index in [-0.39, 0.29) is 18.3 Å². The van der Waals surface area contributed by atoms with Crippen LogP contribution in [0, 0.1) is 0 Å². The van der Waals surface area contributed by atoms with E-state index in [1.165, 1.54) is 0 Å². The molecule has 1 aromatic rings. The SMILES string of the molecule is COc1ccc(Cl)cc1CNC(=O)[C@H](C)N.Cl. The van der Waals surface area contributed by atoms with E-state index in [9.17, 15) is 4.79 Å². The molecule has 0 aromatic heterocycles. The van der Waals surface area contributed by atoms with Gasteiger partial charge in [-0.2, -0.15) is 0 Å². The van der Waals surface area contributed by atoms with Gasteiger partial charge in [0.2, 0.25) is 5.91 Å². The highest BCUT2D eigenvalue weighted by atomic mass is 35.5. The number of carbonyl (C=O) groups excluding carboxylic acids is 1. The second-order valence-electron chi connectivity index (χ2n) is 3.46.